The third kappa shape index (κ3) is 1.92. The molecule has 1 aliphatic heterocycles. The Morgan fingerprint density at radius 2 is 2.05 bits per heavy atom. The largest absolute Gasteiger partial charge is 0.486 e. The molecule has 0 bridgehead atoms. The monoisotopic (exact) mass is 279 g/mol. The Hall–Kier alpha value is -1.51. The number of halogens is 1. The van der Waals surface area contributed by atoms with Gasteiger partial charge in [0.2, 0.25) is 6.08 Å². The van der Waals surface area contributed by atoms with Gasteiger partial charge in [-0.25, -0.2) is 4.79 Å². The number of hydrogen-bond acceptors (Lipinski definition) is 4. The molecule has 0 aromatic heterocycles. The Morgan fingerprint density at radius 1 is 1.37 bits per heavy atom. The molecule has 5 heteroatoms. The first kappa shape index (κ1) is 12.5. The lowest BCUT2D eigenvalue weighted by Gasteiger charge is -2.25. The molecule has 0 N–H and O–H groups in total. The van der Waals surface area contributed by atoms with E-state index in [1.165, 1.54) is 0 Å². The van der Waals surface area contributed by atoms with Crippen molar-refractivity contribution in [2.24, 2.45) is 4.99 Å². The molecule has 0 atom stereocenters. The summed E-state index contributed by atoms with van der Waals surface area (Å²) < 4.78 is 11.3. The van der Waals surface area contributed by atoms with Gasteiger partial charge >= 0.3 is 0 Å². The normalized spacial score (nSPS) is 18.6. The summed E-state index contributed by atoms with van der Waals surface area (Å²) in [5, 5.41) is 0.522. The van der Waals surface area contributed by atoms with E-state index in [1.807, 2.05) is 13.0 Å². The van der Waals surface area contributed by atoms with Crippen LogP contribution < -0.4 is 9.47 Å². The highest BCUT2D eigenvalue weighted by molar-refractivity contribution is 6.32. The van der Waals surface area contributed by atoms with Crippen molar-refractivity contribution >= 4 is 17.7 Å². The summed E-state index contributed by atoms with van der Waals surface area (Å²) in [5.41, 5.74) is 1.58. The Balaban J connectivity index is 2.20. The van der Waals surface area contributed by atoms with Gasteiger partial charge in [-0.15, -0.1) is 0 Å². The summed E-state index contributed by atoms with van der Waals surface area (Å²) >= 11 is 6.27. The summed E-state index contributed by atoms with van der Waals surface area (Å²) in [6, 6.07) is 1.86. The molecule has 3 rings (SSSR count). The third-order valence-corrected chi connectivity index (χ3v) is 3.99. The molecule has 1 fully saturated rings. The van der Waals surface area contributed by atoms with E-state index in [0.29, 0.717) is 29.7 Å². The second-order valence-electron chi connectivity index (χ2n) is 4.83. The number of hydrogen-bond donors (Lipinski definition) is 0. The molecule has 4 nitrogen and oxygen atoms in total. The van der Waals surface area contributed by atoms with Gasteiger partial charge in [0.25, 0.3) is 0 Å². The molecule has 1 aromatic rings. The molecular weight excluding hydrogens is 266 g/mol. The summed E-state index contributed by atoms with van der Waals surface area (Å²) in [4.78, 5) is 14.6. The van der Waals surface area contributed by atoms with E-state index in [0.717, 1.165) is 30.4 Å². The number of aliphatic imine (C=N–C) groups is 1. The molecule has 19 heavy (non-hydrogen) atoms. The molecule has 0 saturated heterocycles. The summed E-state index contributed by atoms with van der Waals surface area (Å²) in [6.07, 6.45) is 4.17. The van der Waals surface area contributed by atoms with Crippen molar-refractivity contribution in [2.45, 2.75) is 31.7 Å². The number of benzene rings is 1. The zero-order valence-electron chi connectivity index (χ0n) is 10.7. The lowest BCUT2D eigenvalue weighted by molar-refractivity contribution is 0.170. The number of nitrogens with zero attached hydrogens (tertiary/aromatic N) is 1. The highest BCUT2D eigenvalue weighted by Gasteiger charge is 2.47. The highest BCUT2D eigenvalue weighted by Crippen LogP contribution is 2.54. The van der Waals surface area contributed by atoms with E-state index in [2.05, 4.69) is 4.99 Å². The highest BCUT2D eigenvalue weighted by atomic mass is 35.5. The number of isocyanates is 1. The minimum Gasteiger partial charge on any atom is -0.486 e. The Morgan fingerprint density at radius 3 is 2.63 bits per heavy atom. The second kappa shape index (κ2) is 4.55. The molecular formula is C14H14ClNO3. The number of ether oxygens (including phenoxy) is 2. The fraction of sp³-hybridized carbons (Fsp3) is 0.500. The molecule has 0 radical (unpaired) electrons. The molecule has 0 unspecified atom stereocenters. The Bertz CT molecular complexity index is 575. The Labute approximate surface area is 116 Å². The lowest BCUT2D eigenvalue weighted by atomic mass is 9.95. The van der Waals surface area contributed by atoms with Crippen molar-refractivity contribution in [3.8, 4) is 11.5 Å². The fourth-order valence-electron chi connectivity index (χ4n) is 2.64. The topological polar surface area (TPSA) is 47.9 Å². The van der Waals surface area contributed by atoms with Gasteiger partial charge in [0.15, 0.2) is 11.5 Å². The van der Waals surface area contributed by atoms with Crippen LogP contribution in [0, 0.1) is 0 Å². The zero-order valence-corrected chi connectivity index (χ0v) is 11.4. The van der Waals surface area contributed by atoms with Gasteiger partial charge < -0.3 is 9.47 Å². The molecule has 1 saturated carbocycles. The van der Waals surface area contributed by atoms with Crippen LogP contribution in [0.4, 0.5) is 0 Å². The van der Waals surface area contributed by atoms with E-state index >= 15 is 0 Å². The van der Waals surface area contributed by atoms with E-state index in [9.17, 15) is 4.79 Å². The van der Waals surface area contributed by atoms with Crippen LogP contribution in [0.1, 0.15) is 30.9 Å². The van der Waals surface area contributed by atoms with E-state index in [1.54, 1.807) is 6.08 Å². The molecule has 100 valence electrons. The average Bonchev–Trinajstić information content (AvgIpc) is 3.20. The third-order valence-electron chi connectivity index (χ3n) is 3.71. The summed E-state index contributed by atoms with van der Waals surface area (Å²) in [6.45, 7) is 3.07. The molecule has 0 amide bonds. The molecule has 2 aliphatic rings. The van der Waals surface area contributed by atoms with Gasteiger partial charge in [-0.2, -0.15) is 4.99 Å². The zero-order chi connectivity index (χ0) is 13.5. The number of fused-ring (bicyclic) bond motifs is 1. The first-order valence-corrected chi connectivity index (χ1v) is 6.80. The van der Waals surface area contributed by atoms with Crippen LogP contribution in [-0.2, 0) is 16.8 Å². The van der Waals surface area contributed by atoms with Crippen molar-refractivity contribution < 1.29 is 14.3 Å². The first-order chi connectivity index (χ1) is 9.22. The lowest BCUT2D eigenvalue weighted by Crippen LogP contribution is -2.19. The van der Waals surface area contributed by atoms with Gasteiger partial charge in [0.05, 0.1) is 10.6 Å². The van der Waals surface area contributed by atoms with Crippen LogP contribution in [0.15, 0.2) is 11.1 Å². The Kier molecular flexibility index (Phi) is 3.00. The predicted molar refractivity (Wildman–Crippen MR) is 70.9 cm³/mol. The van der Waals surface area contributed by atoms with Gasteiger partial charge in [-0.1, -0.05) is 18.5 Å². The van der Waals surface area contributed by atoms with Crippen LogP contribution in [0.5, 0.6) is 11.5 Å². The quantitative estimate of drug-likeness (QED) is 0.631. The smallest absolute Gasteiger partial charge is 0.235 e. The van der Waals surface area contributed by atoms with E-state index < -0.39 is 5.54 Å². The molecule has 1 aromatic carbocycles. The maximum atomic E-state index is 10.6. The van der Waals surface area contributed by atoms with Crippen molar-refractivity contribution in [2.75, 3.05) is 13.2 Å². The molecule has 1 aliphatic carbocycles. The summed E-state index contributed by atoms with van der Waals surface area (Å²) in [5.74, 6) is 1.32. The standard InChI is InChI=1S/C14H14ClNO3/c1-2-9-10(14(3-4-14)16-8-17)7-11(15)13-12(9)18-5-6-19-13/h7H,2-6H2,1H3. The van der Waals surface area contributed by atoms with Gasteiger partial charge in [-0.05, 0) is 30.9 Å². The fourth-order valence-corrected chi connectivity index (χ4v) is 2.88. The van der Waals surface area contributed by atoms with Gasteiger partial charge in [-0.3, -0.25) is 0 Å². The van der Waals surface area contributed by atoms with Gasteiger partial charge in [0, 0.05) is 5.56 Å². The van der Waals surface area contributed by atoms with Crippen LogP contribution in [0.3, 0.4) is 0 Å². The minimum atomic E-state index is -0.438. The maximum Gasteiger partial charge on any atom is 0.235 e. The van der Waals surface area contributed by atoms with Crippen molar-refractivity contribution in [3.05, 3.63) is 22.2 Å². The molecule has 0 spiro atoms. The average molecular weight is 280 g/mol. The predicted octanol–water partition coefficient (Wildman–Crippen LogP) is 3.00. The van der Waals surface area contributed by atoms with Crippen molar-refractivity contribution in [3.63, 3.8) is 0 Å². The number of rotatable bonds is 3. The molecule has 1 heterocycles. The SMILES string of the molecule is CCc1c(C2(N=C=O)CC2)cc(Cl)c2c1OCCO2. The first-order valence-electron chi connectivity index (χ1n) is 6.42. The van der Waals surface area contributed by atoms with E-state index in [4.69, 9.17) is 21.1 Å². The van der Waals surface area contributed by atoms with Crippen LogP contribution >= 0.6 is 11.6 Å². The second-order valence-corrected chi connectivity index (χ2v) is 5.24. The number of carbonyl (C=O) groups excluding carboxylic acids is 1. The van der Waals surface area contributed by atoms with Crippen molar-refractivity contribution in [1.82, 2.24) is 0 Å². The van der Waals surface area contributed by atoms with Crippen LogP contribution in [0.2, 0.25) is 5.02 Å². The van der Waals surface area contributed by atoms with Crippen molar-refractivity contribution in [1.29, 1.82) is 0 Å². The minimum absolute atomic E-state index is 0.438. The van der Waals surface area contributed by atoms with Gasteiger partial charge in [0.1, 0.15) is 13.2 Å². The summed E-state index contributed by atoms with van der Waals surface area (Å²) in [7, 11) is 0. The van der Waals surface area contributed by atoms with Crippen LogP contribution in [-0.4, -0.2) is 19.3 Å². The van der Waals surface area contributed by atoms with E-state index in [-0.39, 0.29) is 0 Å². The van der Waals surface area contributed by atoms with Crippen LogP contribution in [0.25, 0.3) is 0 Å². The maximum absolute atomic E-state index is 10.6.